The summed E-state index contributed by atoms with van der Waals surface area (Å²) in [7, 11) is 0. The molecule has 14 heavy (non-hydrogen) atoms. The molecule has 4 rings (SSSR count). The normalized spacial score (nSPS) is 11.9. The summed E-state index contributed by atoms with van der Waals surface area (Å²) in [5.41, 5.74) is 1.11. The van der Waals surface area contributed by atoms with E-state index >= 15 is 0 Å². The van der Waals surface area contributed by atoms with Gasteiger partial charge in [0.2, 0.25) is 0 Å². The number of fused-ring (bicyclic) bond motifs is 1. The van der Waals surface area contributed by atoms with Crippen molar-refractivity contribution in [2.45, 2.75) is 6.92 Å². The molecule has 0 atom stereocenters. The predicted octanol–water partition coefficient (Wildman–Crippen LogP) is 1.63. The highest BCUT2D eigenvalue weighted by Gasteiger charge is 2.27. The number of rotatable bonds is 0. The fraction of sp³-hybridized carbons (Fsp3) is 0.0909. The molecule has 1 aromatic heterocycles. The van der Waals surface area contributed by atoms with E-state index in [0.717, 1.165) is 0 Å². The minimum atomic E-state index is -0.162. The number of carbonyl (C=O) groups is 1. The van der Waals surface area contributed by atoms with Crippen LogP contribution in [0.3, 0.4) is 0 Å². The third-order valence-corrected chi connectivity index (χ3v) is 2.13. The lowest BCUT2D eigenvalue weighted by molar-refractivity contribution is 0.0974. The van der Waals surface area contributed by atoms with E-state index in [-0.39, 0.29) is 11.5 Å². The molecular weight excluding hydrogens is 178 g/mol. The van der Waals surface area contributed by atoms with Crippen molar-refractivity contribution in [2.75, 3.05) is 0 Å². The molecular formula is C11H9NO2. The van der Waals surface area contributed by atoms with E-state index < -0.39 is 0 Å². The zero-order valence-electron chi connectivity index (χ0n) is 7.78. The van der Waals surface area contributed by atoms with Crippen LogP contribution in [0.4, 0.5) is 0 Å². The Morgan fingerprint density at radius 2 is 2.00 bits per heavy atom. The Labute approximate surface area is 80.6 Å². The molecule has 2 aliphatic heterocycles. The third kappa shape index (κ3) is 0.865. The van der Waals surface area contributed by atoms with Crippen molar-refractivity contribution in [1.82, 2.24) is 4.57 Å². The molecule has 0 saturated carbocycles. The number of nitrogens with zero attached hydrogens (tertiary/aromatic N) is 1. The van der Waals surface area contributed by atoms with Gasteiger partial charge in [0.05, 0.1) is 16.5 Å². The van der Waals surface area contributed by atoms with Crippen LogP contribution in [-0.2, 0) is 0 Å². The van der Waals surface area contributed by atoms with Crippen molar-refractivity contribution in [3.63, 3.8) is 0 Å². The maximum atomic E-state index is 11.2. The van der Waals surface area contributed by atoms with Gasteiger partial charge in [0.15, 0.2) is 0 Å². The molecule has 0 N–H and O–H groups in total. The molecule has 2 aromatic rings. The number of carbonyl (C=O) groups excluding carboxylic acids is 1. The Bertz CT molecular complexity index is 566. The first kappa shape index (κ1) is 8.69. The first-order chi connectivity index (χ1) is 6.70. The molecule has 0 spiro atoms. The van der Waals surface area contributed by atoms with Gasteiger partial charge in [-0.25, -0.2) is 4.57 Å². The molecule has 0 radical (unpaired) electrons. The van der Waals surface area contributed by atoms with Crippen LogP contribution in [-0.4, -0.2) is 10.5 Å². The molecule has 0 saturated heterocycles. The van der Waals surface area contributed by atoms with E-state index in [4.69, 9.17) is 0 Å². The Kier molecular flexibility index (Phi) is 1.74. The maximum absolute atomic E-state index is 11.2. The van der Waals surface area contributed by atoms with Crippen molar-refractivity contribution in [3.8, 4) is 0 Å². The van der Waals surface area contributed by atoms with Crippen LogP contribution < -0.4 is 5.56 Å². The highest BCUT2D eigenvalue weighted by Crippen LogP contribution is 2.22. The molecule has 0 aliphatic carbocycles. The van der Waals surface area contributed by atoms with E-state index in [1.54, 1.807) is 24.3 Å². The number of aromatic nitrogens is 1. The smallest absolute Gasteiger partial charge is 0.266 e. The second-order valence-electron chi connectivity index (χ2n) is 3.08. The predicted molar refractivity (Wildman–Crippen MR) is 55.0 cm³/mol. The van der Waals surface area contributed by atoms with E-state index in [1.807, 2.05) is 6.92 Å². The Morgan fingerprint density at radius 3 is 2.36 bits per heavy atom. The molecule has 70 valence electrons. The molecule has 1 aromatic carbocycles. The second-order valence-corrected chi connectivity index (χ2v) is 3.08. The van der Waals surface area contributed by atoms with Crippen LogP contribution in [0.5, 0.6) is 0 Å². The summed E-state index contributed by atoms with van der Waals surface area (Å²) in [6.45, 7) is 5.25. The molecule has 3 heterocycles. The minimum absolute atomic E-state index is 0.162. The van der Waals surface area contributed by atoms with Crippen LogP contribution in [0.2, 0.25) is 0 Å². The molecule has 2 aliphatic rings. The van der Waals surface area contributed by atoms with Crippen LogP contribution in [0.15, 0.2) is 35.6 Å². The van der Waals surface area contributed by atoms with Crippen LogP contribution >= 0.6 is 0 Å². The topological polar surface area (TPSA) is 39.1 Å². The van der Waals surface area contributed by atoms with Crippen molar-refractivity contribution in [3.05, 3.63) is 46.8 Å². The monoisotopic (exact) mass is 187 g/mol. The number of pyridine rings is 2. The highest BCUT2D eigenvalue weighted by atomic mass is 16.2. The average Bonchev–Trinajstić information content (AvgIpc) is 2.54. The summed E-state index contributed by atoms with van der Waals surface area (Å²) in [5, 5.41) is 0.546. The molecule has 4 bridgehead atoms. The van der Waals surface area contributed by atoms with Gasteiger partial charge < -0.3 is 0 Å². The maximum Gasteiger partial charge on any atom is 0.266 e. The van der Waals surface area contributed by atoms with Crippen LogP contribution in [0, 0.1) is 0 Å². The number of hydrogen-bond donors (Lipinski definition) is 0. The van der Waals surface area contributed by atoms with Gasteiger partial charge >= 0.3 is 0 Å². The molecule has 0 amide bonds. The molecule has 3 nitrogen and oxygen atoms in total. The van der Waals surface area contributed by atoms with Crippen molar-refractivity contribution in [1.29, 1.82) is 0 Å². The number of allylic oxidation sites excluding steroid dienone is 1. The summed E-state index contributed by atoms with van der Waals surface area (Å²) in [4.78, 5) is 22.4. The van der Waals surface area contributed by atoms with Crippen molar-refractivity contribution >= 4 is 16.8 Å². The fourth-order valence-electron chi connectivity index (χ4n) is 1.60. The molecule has 3 heteroatoms. The van der Waals surface area contributed by atoms with Crippen molar-refractivity contribution < 1.29 is 4.79 Å². The zero-order chi connectivity index (χ0) is 10.3. The van der Waals surface area contributed by atoms with Gasteiger partial charge in [-0.05, 0) is 25.1 Å². The zero-order valence-corrected chi connectivity index (χ0v) is 7.78. The van der Waals surface area contributed by atoms with E-state index in [1.165, 1.54) is 4.57 Å². The van der Waals surface area contributed by atoms with E-state index in [2.05, 4.69) is 6.58 Å². The van der Waals surface area contributed by atoms with Crippen LogP contribution in [0.25, 0.3) is 10.9 Å². The first-order valence-electron chi connectivity index (χ1n) is 4.30. The lowest BCUT2D eigenvalue weighted by Crippen LogP contribution is -2.16. The first-order valence-corrected chi connectivity index (χ1v) is 4.30. The Balaban J connectivity index is 0.000000226. The van der Waals surface area contributed by atoms with Crippen molar-refractivity contribution in [2.24, 2.45) is 0 Å². The summed E-state index contributed by atoms with van der Waals surface area (Å²) in [6.07, 6.45) is 1.75. The quantitative estimate of drug-likeness (QED) is 0.502. The highest BCUT2D eigenvalue weighted by molar-refractivity contribution is 6.13. The summed E-state index contributed by atoms with van der Waals surface area (Å²) < 4.78 is 1.21. The van der Waals surface area contributed by atoms with E-state index in [0.29, 0.717) is 16.5 Å². The largest absolute Gasteiger partial charge is 0.268 e. The minimum Gasteiger partial charge on any atom is -0.268 e. The van der Waals surface area contributed by atoms with E-state index in [9.17, 15) is 9.59 Å². The van der Waals surface area contributed by atoms with Gasteiger partial charge in [-0.3, -0.25) is 9.59 Å². The Hall–Kier alpha value is -1.90. The van der Waals surface area contributed by atoms with Gasteiger partial charge in [-0.15, -0.1) is 6.58 Å². The number of hydrogen-bond acceptors (Lipinski definition) is 2. The van der Waals surface area contributed by atoms with Gasteiger partial charge in [0.1, 0.15) is 0 Å². The summed E-state index contributed by atoms with van der Waals surface area (Å²) in [5.74, 6) is -0.162. The Morgan fingerprint density at radius 1 is 1.36 bits per heavy atom. The van der Waals surface area contributed by atoms with Gasteiger partial charge in [0, 0.05) is 0 Å². The lowest BCUT2D eigenvalue weighted by atomic mass is 10.2. The summed E-state index contributed by atoms with van der Waals surface area (Å²) in [6, 6.07) is 5.23. The van der Waals surface area contributed by atoms with Gasteiger partial charge in [-0.1, -0.05) is 6.08 Å². The molecule has 0 unspecified atom stereocenters. The number of benzene rings is 1. The summed E-state index contributed by atoms with van der Waals surface area (Å²) >= 11 is 0. The van der Waals surface area contributed by atoms with Gasteiger partial charge in [-0.2, -0.15) is 0 Å². The van der Waals surface area contributed by atoms with Crippen LogP contribution in [0.1, 0.15) is 17.3 Å². The lowest BCUT2D eigenvalue weighted by Gasteiger charge is -1.92. The second kappa shape index (κ2) is 2.80. The third-order valence-electron chi connectivity index (χ3n) is 2.13. The average molecular weight is 187 g/mol. The fourth-order valence-corrected chi connectivity index (χ4v) is 1.60. The van der Waals surface area contributed by atoms with Gasteiger partial charge in [0.25, 0.3) is 11.5 Å². The SMILES string of the molecule is C=CC.O=C1c2cc3ccc2c(=O)n31. The standard InChI is InChI=1S/C8H3NO2.C3H6/c10-7-5-2-1-4-3-6(5)8(11)9(4)7;1-3-2/h1-3H;3H,1H2,2H3. The molecule has 0 fully saturated rings.